The van der Waals surface area contributed by atoms with Gasteiger partial charge in [0.25, 0.3) is 0 Å². The van der Waals surface area contributed by atoms with Crippen molar-refractivity contribution in [1.29, 1.82) is 0 Å². The van der Waals surface area contributed by atoms with E-state index in [2.05, 4.69) is 5.32 Å². The lowest BCUT2D eigenvalue weighted by molar-refractivity contribution is 0.145. The van der Waals surface area contributed by atoms with Gasteiger partial charge in [0.2, 0.25) is 0 Å². The van der Waals surface area contributed by atoms with Crippen LogP contribution < -0.4 is 5.32 Å². The fourth-order valence-electron chi connectivity index (χ4n) is 1.45. The number of nitrogens with one attached hydrogen (secondary N) is 1. The largest absolute Gasteiger partial charge is 0.373 e. The highest BCUT2D eigenvalue weighted by Gasteiger charge is 2.03. The van der Waals surface area contributed by atoms with E-state index < -0.39 is 0 Å². The number of ether oxygens (including phenoxy) is 1. The summed E-state index contributed by atoms with van der Waals surface area (Å²) in [6.07, 6.45) is 3.82. The summed E-state index contributed by atoms with van der Waals surface area (Å²) >= 11 is 0. The van der Waals surface area contributed by atoms with Gasteiger partial charge in [0.15, 0.2) is 0 Å². The van der Waals surface area contributed by atoms with E-state index >= 15 is 0 Å². The molecule has 0 heterocycles. The van der Waals surface area contributed by atoms with Crippen LogP contribution >= 0.6 is 0 Å². The Morgan fingerprint density at radius 1 is 1.41 bits per heavy atom. The smallest absolute Gasteiger partial charge is 0.128 e. The maximum atomic E-state index is 13.5. The molecule has 2 nitrogen and oxygen atoms in total. The second-order valence-electron chi connectivity index (χ2n) is 3.79. The van der Waals surface area contributed by atoms with Crippen molar-refractivity contribution >= 4 is 0 Å². The second-order valence-corrected chi connectivity index (χ2v) is 3.79. The Morgan fingerprint density at radius 2 is 2.24 bits per heavy atom. The van der Waals surface area contributed by atoms with Gasteiger partial charge in [-0.15, -0.1) is 0 Å². The molecule has 1 aromatic carbocycles. The molecule has 0 radical (unpaired) electrons. The molecule has 0 unspecified atom stereocenters. The van der Waals surface area contributed by atoms with E-state index in [1.165, 1.54) is 6.07 Å². The normalized spacial score (nSPS) is 11.2. The molecule has 1 aromatic rings. The summed E-state index contributed by atoms with van der Waals surface area (Å²) in [5.41, 5.74) is 1.70. The number of hydrogen-bond acceptors (Lipinski definition) is 2. The third-order valence-electron chi connectivity index (χ3n) is 2.40. The lowest BCUT2D eigenvalue weighted by atomic mass is 10.1. The Hall–Kier alpha value is -1.19. The summed E-state index contributed by atoms with van der Waals surface area (Å²) in [7, 11) is 0. The highest BCUT2D eigenvalue weighted by atomic mass is 19.1. The van der Waals surface area contributed by atoms with Gasteiger partial charge in [0, 0.05) is 12.1 Å². The molecular weight excluding hydrogens is 217 g/mol. The van der Waals surface area contributed by atoms with Crippen molar-refractivity contribution in [2.24, 2.45) is 0 Å². The average molecular weight is 237 g/mol. The van der Waals surface area contributed by atoms with Crippen molar-refractivity contribution in [3.63, 3.8) is 0 Å². The Balaban J connectivity index is 2.56. The lowest BCUT2D eigenvalue weighted by Gasteiger charge is -2.07. The maximum absolute atomic E-state index is 13.5. The first-order chi connectivity index (χ1) is 8.27. The van der Waals surface area contributed by atoms with Gasteiger partial charge in [0.05, 0.1) is 13.2 Å². The Kier molecular flexibility index (Phi) is 6.51. The van der Waals surface area contributed by atoms with Crippen molar-refractivity contribution in [1.82, 2.24) is 5.32 Å². The zero-order valence-electron chi connectivity index (χ0n) is 10.5. The molecule has 1 N–H and O–H groups in total. The molecule has 0 aromatic heterocycles. The van der Waals surface area contributed by atoms with Crippen molar-refractivity contribution in [2.45, 2.75) is 27.0 Å². The first-order valence-electron chi connectivity index (χ1n) is 5.94. The number of halogens is 1. The summed E-state index contributed by atoms with van der Waals surface area (Å²) in [5.74, 6) is -0.203. The Morgan fingerprint density at radius 3 is 2.94 bits per heavy atom. The van der Waals surface area contributed by atoms with E-state index in [9.17, 15) is 4.39 Å². The van der Waals surface area contributed by atoms with Gasteiger partial charge in [-0.1, -0.05) is 25.1 Å². The van der Waals surface area contributed by atoms with Crippen LogP contribution in [0.5, 0.6) is 0 Å². The summed E-state index contributed by atoms with van der Waals surface area (Å²) in [5, 5.41) is 3.21. The summed E-state index contributed by atoms with van der Waals surface area (Å²) in [6.45, 7) is 6.48. The SMILES string of the molecule is C/C=C/COCc1cc(CNCC)ccc1F. The maximum Gasteiger partial charge on any atom is 0.128 e. The topological polar surface area (TPSA) is 21.3 Å². The molecule has 0 fully saturated rings. The Bertz CT molecular complexity index is 363. The zero-order chi connectivity index (χ0) is 12.5. The standard InChI is InChI=1S/C14H20FNO/c1-3-5-8-17-11-13-9-12(10-16-4-2)6-7-14(13)15/h3,5-7,9,16H,4,8,10-11H2,1-2H3/b5-3+. The van der Waals surface area contributed by atoms with Crippen LogP contribution in [0.15, 0.2) is 30.4 Å². The van der Waals surface area contributed by atoms with Crippen LogP contribution in [0.25, 0.3) is 0 Å². The minimum absolute atomic E-state index is 0.203. The summed E-state index contributed by atoms with van der Waals surface area (Å²) < 4.78 is 18.8. The highest BCUT2D eigenvalue weighted by Crippen LogP contribution is 2.12. The van der Waals surface area contributed by atoms with Crippen LogP contribution in [0, 0.1) is 5.82 Å². The molecule has 0 spiro atoms. The molecular formula is C14H20FNO. The van der Waals surface area contributed by atoms with Gasteiger partial charge < -0.3 is 10.1 Å². The monoisotopic (exact) mass is 237 g/mol. The second kappa shape index (κ2) is 7.98. The number of benzene rings is 1. The van der Waals surface area contributed by atoms with Gasteiger partial charge in [-0.2, -0.15) is 0 Å². The highest BCUT2D eigenvalue weighted by molar-refractivity contribution is 5.24. The fourth-order valence-corrected chi connectivity index (χ4v) is 1.45. The Labute approximate surface area is 102 Å². The number of allylic oxidation sites excluding steroid dienone is 1. The molecule has 0 aliphatic rings. The first-order valence-corrected chi connectivity index (χ1v) is 5.94. The van der Waals surface area contributed by atoms with Crippen LogP contribution in [0.2, 0.25) is 0 Å². The molecule has 94 valence electrons. The van der Waals surface area contributed by atoms with Gasteiger partial charge >= 0.3 is 0 Å². The summed E-state index contributed by atoms with van der Waals surface area (Å²) in [4.78, 5) is 0. The van der Waals surface area contributed by atoms with Crippen molar-refractivity contribution < 1.29 is 9.13 Å². The molecule has 0 bridgehead atoms. The lowest BCUT2D eigenvalue weighted by Crippen LogP contribution is -2.12. The predicted molar refractivity (Wildman–Crippen MR) is 68.3 cm³/mol. The first kappa shape index (κ1) is 13.9. The minimum atomic E-state index is -0.203. The molecule has 0 amide bonds. The van der Waals surface area contributed by atoms with Crippen LogP contribution in [0.1, 0.15) is 25.0 Å². The molecule has 17 heavy (non-hydrogen) atoms. The number of rotatable bonds is 7. The van der Waals surface area contributed by atoms with Crippen LogP contribution in [0.4, 0.5) is 4.39 Å². The minimum Gasteiger partial charge on any atom is -0.373 e. The molecule has 3 heteroatoms. The molecule has 1 rings (SSSR count). The van der Waals surface area contributed by atoms with Crippen molar-refractivity contribution in [3.8, 4) is 0 Å². The third kappa shape index (κ3) is 5.11. The number of hydrogen-bond donors (Lipinski definition) is 1. The van der Waals surface area contributed by atoms with Gasteiger partial charge in [0.1, 0.15) is 5.82 Å². The van der Waals surface area contributed by atoms with Crippen molar-refractivity contribution in [3.05, 3.63) is 47.3 Å². The van der Waals surface area contributed by atoms with Crippen LogP contribution in [-0.4, -0.2) is 13.2 Å². The van der Waals surface area contributed by atoms with E-state index in [1.54, 1.807) is 6.07 Å². The molecule has 0 atom stereocenters. The average Bonchev–Trinajstić information content (AvgIpc) is 2.35. The van der Waals surface area contributed by atoms with E-state index in [-0.39, 0.29) is 5.82 Å². The molecule has 0 aliphatic carbocycles. The van der Waals surface area contributed by atoms with Crippen LogP contribution in [-0.2, 0) is 17.9 Å². The van der Waals surface area contributed by atoms with Gasteiger partial charge in [-0.05, 0) is 31.2 Å². The predicted octanol–water partition coefficient (Wildman–Crippen LogP) is 3.03. The van der Waals surface area contributed by atoms with E-state index in [0.717, 1.165) is 18.7 Å². The molecule has 0 saturated heterocycles. The van der Waals surface area contributed by atoms with Crippen molar-refractivity contribution in [2.75, 3.05) is 13.2 Å². The fraction of sp³-hybridized carbons (Fsp3) is 0.429. The van der Waals surface area contributed by atoms with E-state index in [4.69, 9.17) is 4.74 Å². The molecule has 0 aliphatic heterocycles. The van der Waals surface area contributed by atoms with E-state index in [1.807, 2.05) is 32.1 Å². The zero-order valence-corrected chi connectivity index (χ0v) is 10.5. The van der Waals surface area contributed by atoms with E-state index in [0.29, 0.717) is 18.8 Å². The van der Waals surface area contributed by atoms with Gasteiger partial charge in [-0.25, -0.2) is 4.39 Å². The third-order valence-corrected chi connectivity index (χ3v) is 2.40. The molecule has 0 saturated carbocycles. The quantitative estimate of drug-likeness (QED) is 0.581. The summed E-state index contributed by atoms with van der Waals surface area (Å²) in [6, 6.07) is 5.15. The van der Waals surface area contributed by atoms with Crippen LogP contribution in [0.3, 0.4) is 0 Å². The van der Waals surface area contributed by atoms with Gasteiger partial charge in [-0.3, -0.25) is 0 Å².